The average molecular weight is 331 g/mol. The van der Waals surface area contributed by atoms with Gasteiger partial charge in [-0.05, 0) is 25.0 Å². The third-order valence-electron chi connectivity index (χ3n) is 3.45. The molecule has 3 rings (SSSR count). The molecule has 0 bridgehead atoms. The normalized spacial score (nSPS) is 14.8. The number of esters is 1. The van der Waals surface area contributed by atoms with Crippen LogP contribution in [0.2, 0.25) is 5.15 Å². The van der Waals surface area contributed by atoms with Gasteiger partial charge in [-0.3, -0.25) is 4.79 Å². The monoisotopic (exact) mass is 330 g/mol. The topological polar surface area (TPSA) is 68.3 Å². The highest BCUT2D eigenvalue weighted by Crippen LogP contribution is 2.24. The second-order valence-corrected chi connectivity index (χ2v) is 5.74. The fourth-order valence-electron chi connectivity index (χ4n) is 2.08. The molecule has 0 saturated heterocycles. The van der Waals surface area contributed by atoms with Gasteiger partial charge in [0.05, 0.1) is 5.56 Å². The molecule has 118 valence electrons. The molecule has 1 fully saturated rings. The van der Waals surface area contributed by atoms with Crippen molar-refractivity contribution in [3.63, 3.8) is 0 Å². The molecule has 2 aromatic rings. The van der Waals surface area contributed by atoms with Crippen molar-refractivity contribution in [1.29, 1.82) is 0 Å². The van der Waals surface area contributed by atoms with Crippen LogP contribution in [0.5, 0.6) is 0 Å². The Morgan fingerprint density at radius 2 is 1.91 bits per heavy atom. The number of carbonyl (C=O) groups is 2. The summed E-state index contributed by atoms with van der Waals surface area (Å²) in [5.74, 6) is -0.928. The number of pyridine rings is 1. The van der Waals surface area contributed by atoms with Gasteiger partial charge in [0.25, 0.3) is 5.91 Å². The highest BCUT2D eigenvalue weighted by atomic mass is 35.5. The minimum atomic E-state index is -0.986. The number of rotatable bonds is 5. The Bertz CT molecular complexity index is 700. The van der Waals surface area contributed by atoms with Gasteiger partial charge in [0, 0.05) is 17.8 Å². The minimum absolute atomic E-state index is 0.185. The number of benzene rings is 1. The fraction of sp³-hybridized carbons (Fsp3) is 0.235. The lowest BCUT2D eigenvalue weighted by atomic mass is 10.1. The minimum Gasteiger partial charge on any atom is -0.444 e. The zero-order chi connectivity index (χ0) is 16.2. The molecule has 1 N–H and O–H groups in total. The maximum atomic E-state index is 12.4. The van der Waals surface area contributed by atoms with Gasteiger partial charge in [-0.1, -0.05) is 41.9 Å². The van der Waals surface area contributed by atoms with Gasteiger partial charge >= 0.3 is 5.97 Å². The van der Waals surface area contributed by atoms with Gasteiger partial charge in [0.15, 0.2) is 0 Å². The van der Waals surface area contributed by atoms with Crippen molar-refractivity contribution in [2.24, 2.45) is 0 Å². The van der Waals surface area contributed by atoms with E-state index in [1.54, 1.807) is 24.3 Å². The van der Waals surface area contributed by atoms with E-state index in [9.17, 15) is 9.59 Å². The Balaban J connectivity index is 1.78. The zero-order valence-electron chi connectivity index (χ0n) is 12.2. The van der Waals surface area contributed by atoms with Crippen LogP contribution in [0.4, 0.5) is 0 Å². The van der Waals surface area contributed by atoms with E-state index in [4.69, 9.17) is 16.3 Å². The molecule has 0 unspecified atom stereocenters. The fourth-order valence-corrected chi connectivity index (χ4v) is 2.19. The Morgan fingerprint density at radius 1 is 1.17 bits per heavy atom. The SMILES string of the molecule is O=C(O[C@@H](C(=O)NC1CC1)c1ccccc1)c1ccc(Cl)nc1. The number of nitrogens with zero attached hydrogens (tertiary/aromatic N) is 1. The molecular formula is C17H15ClN2O3. The van der Waals surface area contributed by atoms with Crippen LogP contribution in [0.25, 0.3) is 0 Å². The number of nitrogens with one attached hydrogen (secondary N) is 1. The molecule has 0 aliphatic heterocycles. The summed E-state index contributed by atoms with van der Waals surface area (Å²) in [5, 5.41) is 3.15. The molecule has 0 radical (unpaired) electrons. The number of ether oxygens (including phenoxy) is 1. The van der Waals surface area contributed by atoms with E-state index in [2.05, 4.69) is 10.3 Å². The predicted molar refractivity (Wildman–Crippen MR) is 85.0 cm³/mol. The maximum absolute atomic E-state index is 12.4. The molecule has 23 heavy (non-hydrogen) atoms. The number of hydrogen-bond acceptors (Lipinski definition) is 4. The molecular weight excluding hydrogens is 316 g/mol. The van der Waals surface area contributed by atoms with Crippen LogP contribution in [-0.4, -0.2) is 22.9 Å². The summed E-state index contributed by atoms with van der Waals surface area (Å²) in [4.78, 5) is 28.5. The molecule has 0 spiro atoms. The van der Waals surface area contributed by atoms with Crippen LogP contribution >= 0.6 is 11.6 Å². The average Bonchev–Trinajstić information content (AvgIpc) is 3.37. The lowest BCUT2D eigenvalue weighted by Gasteiger charge is -2.18. The van der Waals surface area contributed by atoms with Crippen molar-refractivity contribution < 1.29 is 14.3 Å². The number of halogens is 1. The first-order valence-electron chi connectivity index (χ1n) is 7.31. The van der Waals surface area contributed by atoms with Gasteiger partial charge in [-0.25, -0.2) is 9.78 Å². The first-order valence-corrected chi connectivity index (χ1v) is 7.69. The third kappa shape index (κ3) is 4.07. The van der Waals surface area contributed by atoms with E-state index in [0.29, 0.717) is 5.56 Å². The highest BCUT2D eigenvalue weighted by molar-refractivity contribution is 6.29. The number of hydrogen-bond donors (Lipinski definition) is 1. The molecule has 1 amide bonds. The van der Waals surface area contributed by atoms with Crippen molar-refractivity contribution in [2.75, 3.05) is 0 Å². The molecule has 5 nitrogen and oxygen atoms in total. The number of carbonyl (C=O) groups excluding carboxylic acids is 2. The van der Waals surface area contributed by atoms with Crippen LogP contribution in [0.1, 0.15) is 34.9 Å². The highest BCUT2D eigenvalue weighted by Gasteiger charge is 2.31. The molecule has 1 atom stereocenters. The van der Waals surface area contributed by atoms with Gasteiger partial charge in [0.2, 0.25) is 6.10 Å². The van der Waals surface area contributed by atoms with E-state index in [1.807, 2.05) is 6.07 Å². The first kappa shape index (κ1) is 15.5. The predicted octanol–water partition coefficient (Wildman–Crippen LogP) is 2.91. The van der Waals surface area contributed by atoms with Crippen molar-refractivity contribution >= 4 is 23.5 Å². The van der Waals surface area contributed by atoms with Crippen LogP contribution in [0.15, 0.2) is 48.7 Å². The van der Waals surface area contributed by atoms with Crippen molar-refractivity contribution in [2.45, 2.75) is 25.0 Å². The molecule has 1 heterocycles. The van der Waals surface area contributed by atoms with Crippen LogP contribution < -0.4 is 5.32 Å². The largest absolute Gasteiger partial charge is 0.444 e. The smallest absolute Gasteiger partial charge is 0.340 e. The first-order chi connectivity index (χ1) is 11.1. The Morgan fingerprint density at radius 3 is 2.52 bits per heavy atom. The van der Waals surface area contributed by atoms with Crippen molar-refractivity contribution in [3.05, 3.63) is 64.9 Å². The molecule has 1 aromatic carbocycles. The van der Waals surface area contributed by atoms with Gasteiger partial charge in [-0.2, -0.15) is 0 Å². The van der Waals surface area contributed by atoms with Crippen molar-refractivity contribution in [1.82, 2.24) is 10.3 Å². The van der Waals surface area contributed by atoms with E-state index in [-0.39, 0.29) is 22.7 Å². The summed E-state index contributed by atoms with van der Waals surface area (Å²) in [6, 6.07) is 12.1. The lowest BCUT2D eigenvalue weighted by Crippen LogP contribution is -2.33. The summed E-state index contributed by atoms with van der Waals surface area (Å²) in [7, 11) is 0. The number of amides is 1. The summed E-state index contributed by atoms with van der Waals surface area (Å²) in [5.41, 5.74) is 0.871. The van der Waals surface area contributed by atoms with Crippen LogP contribution in [0, 0.1) is 0 Å². The lowest BCUT2D eigenvalue weighted by molar-refractivity contribution is -0.130. The summed E-state index contributed by atoms with van der Waals surface area (Å²) >= 11 is 5.71. The van der Waals surface area contributed by atoms with Crippen LogP contribution in [-0.2, 0) is 9.53 Å². The van der Waals surface area contributed by atoms with Gasteiger partial charge < -0.3 is 10.1 Å². The standard InChI is InChI=1S/C17H15ClN2O3/c18-14-9-6-12(10-19-14)17(22)23-15(11-4-2-1-3-5-11)16(21)20-13-7-8-13/h1-6,9-10,13,15H,7-8H2,(H,20,21)/t15-/m1/s1. The zero-order valence-corrected chi connectivity index (χ0v) is 13.0. The molecule has 1 aliphatic carbocycles. The van der Waals surface area contributed by atoms with Gasteiger partial charge in [0.1, 0.15) is 5.15 Å². The van der Waals surface area contributed by atoms with E-state index in [1.165, 1.54) is 18.3 Å². The second kappa shape index (κ2) is 6.79. The summed E-state index contributed by atoms with van der Waals surface area (Å²) < 4.78 is 5.42. The maximum Gasteiger partial charge on any atom is 0.340 e. The molecule has 1 aromatic heterocycles. The summed E-state index contributed by atoms with van der Waals surface area (Å²) in [6.07, 6.45) is 2.26. The summed E-state index contributed by atoms with van der Waals surface area (Å²) in [6.45, 7) is 0. The van der Waals surface area contributed by atoms with Crippen molar-refractivity contribution in [3.8, 4) is 0 Å². The van der Waals surface area contributed by atoms with Gasteiger partial charge in [-0.15, -0.1) is 0 Å². The molecule has 1 aliphatic rings. The Labute approximate surface area is 138 Å². The molecule has 1 saturated carbocycles. The Kier molecular flexibility index (Phi) is 4.57. The second-order valence-electron chi connectivity index (χ2n) is 5.35. The van der Waals surface area contributed by atoms with E-state index >= 15 is 0 Å². The van der Waals surface area contributed by atoms with Crippen LogP contribution in [0.3, 0.4) is 0 Å². The number of aromatic nitrogens is 1. The van der Waals surface area contributed by atoms with E-state index < -0.39 is 12.1 Å². The quantitative estimate of drug-likeness (QED) is 0.676. The third-order valence-corrected chi connectivity index (χ3v) is 3.68. The van der Waals surface area contributed by atoms with E-state index in [0.717, 1.165) is 12.8 Å². The molecule has 6 heteroatoms. The Hall–Kier alpha value is -2.40.